The third kappa shape index (κ3) is 5.45. The number of rotatable bonds is 5. The van der Waals surface area contributed by atoms with Crippen LogP contribution in [0.1, 0.15) is 17.2 Å². The van der Waals surface area contributed by atoms with Gasteiger partial charge in [0.1, 0.15) is 6.04 Å². The van der Waals surface area contributed by atoms with Crippen molar-refractivity contribution in [1.82, 2.24) is 24.9 Å². The van der Waals surface area contributed by atoms with Gasteiger partial charge in [0.2, 0.25) is 5.91 Å². The van der Waals surface area contributed by atoms with Gasteiger partial charge in [-0.2, -0.15) is 5.10 Å². The Kier molecular flexibility index (Phi) is 9.08. The monoisotopic (exact) mass is 399 g/mol. The van der Waals surface area contributed by atoms with Crippen molar-refractivity contribution in [2.24, 2.45) is 7.05 Å². The number of nitrogens with zero attached hydrogens (tertiary/aromatic N) is 4. The molecule has 6 nitrogen and oxygen atoms in total. The molecule has 0 radical (unpaired) electrons. The summed E-state index contributed by atoms with van der Waals surface area (Å²) in [5, 5.41) is 7.29. The first-order valence-corrected chi connectivity index (χ1v) is 8.38. The maximum Gasteiger partial charge on any atom is 0.244 e. The number of hydrogen-bond donors (Lipinski definition) is 1. The Balaban J connectivity index is 0.00000169. The molecule has 0 spiro atoms. The van der Waals surface area contributed by atoms with Crippen LogP contribution in [0.15, 0.2) is 42.7 Å². The highest BCUT2D eigenvalue weighted by Gasteiger charge is 2.28. The van der Waals surface area contributed by atoms with E-state index in [-0.39, 0.29) is 36.8 Å². The maximum absolute atomic E-state index is 12.8. The highest BCUT2D eigenvalue weighted by molar-refractivity contribution is 5.85. The molecule has 0 bridgehead atoms. The van der Waals surface area contributed by atoms with Crippen LogP contribution in [0.4, 0.5) is 0 Å². The van der Waals surface area contributed by atoms with Crippen molar-refractivity contribution >= 4 is 30.7 Å². The summed E-state index contributed by atoms with van der Waals surface area (Å²) in [5.74, 6) is 0.130. The molecule has 3 rings (SSSR count). The number of piperazine rings is 1. The molecular weight excluding hydrogens is 373 g/mol. The van der Waals surface area contributed by atoms with Crippen LogP contribution < -0.4 is 5.32 Å². The smallest absolute Gasteiger partial charge is 0.244 e. The number of benzene rings is 1. The predicted octanol–water partition coefficient (Wildman–Crippen LogP) is 1.87. The summed E-state index contributed by atoms with van der Waals surface area (Å²) in [6.07, 6.45) is 3.65. The molecular formula is C18H27Cl2N5O. The second kappa shape index (κ2) is 10.5. The van der Waals surface area contributed by atoms with Crippen LogP contribution in [0.25, 0.3) is 0 Å². The highest BCUT2D eigenvalue weighted by atomic mass is 35.5. The van der Waals surface area contributed by atoms with E-state index in [1.807, 2.05) is 31.3 Å². The van der Waals surface area contributed by atoms with Crippen molar-refractivity contribution in [1.29, 1.82) is 0 Å². The van der Waals surface area contributed by atoms with Gasteiger partial charge < -0.3 is 10.2 Å². The number of hydrogen-bond acceptors (Lipinski definition) is 4. The number of nitrogens with one attached hydrogen (secondary N) is 1. The van der Waals surface area contributed by atoms with E-state index < -0.39 is 0 Å². The van der Waals surface area contributed by atoms with Crippen molar-refractivity contribution in [3.63, 3.8) is 0 Å². The molecule has 144 valence electrons. The van der Waals surface area contributed by atoms with Gasteiger partial charge >= 0.3 is 0 Å². The first-order chi connectivity index (χ1) is 11.7. The Bertz CT molecular complexity index is 671. The van der Waals surface area contributed by atoms with Gasteiger partial charge in [-0.05, 0) is 12.6 Å². The van der Waals surface area contributed by atoms with Gasteiger partial charge in [-0.25, -0.2) is 0 Å². The predicted molar refractivity (Wildman–Crippen MR) is 108 cm³/mol. The Morgan fingerprint density at radius 2 is 1.81 bits per heavy atom. The SMILES string of the molecule is CNC(C(=O)N1CCN(Cc2ccccc2)CC1)c1cnn(C)c1.Cl.Cl. The second-order valence-corrected chi connectivity index (χ2v) is 6.26. The van der Waals surface area contributed by atoms with Crippen LogP contribution in [-0.4, -0.2) is 58.7 Å². The molecule has 1 amide bonds. The largest absolute Gasteiger partial charge is 0.338 e. The minimum Gasteiger partial charge on any atom is -0.338 e. The lowest BCUT2D eigenvalue weighted by molar-refractivity contribution is -0.135. The molecule has 1 aliphatic heterocycles. The van der Waals surface area contributed by atoms with Gasteiger partial charge in [-0.15, -0.1) is 24.8 Å². The van der Waals surface area contributed by atoms with Gasteiger partial charge in [0, 0.05) is 51.5 Å². The maximum atomic E-state index is 12.8. The van der Waals surface area contributed by atoms with Crippen molar-refractivity contribution in [3.8, 4) is 0 Å². The number of carbonyl (C=O) groups excluding carboxylic acids is 1. The van der Waals surface area contributed by atoms with E-state index in [0.717, 1.165) is 38.3 Å². The van der Waals surface area contributed by atoms with Crippen LogP contribution in [0.3, 0.4) is 0 Å². The van der Waals surface area contributed by atoms with Crippen LogP contribution in [0, 0.1) is 0 Å². The average Bonchev–Trinajstić information content (AvgIpc) is 3.03. The molecule has 1 N–H and O–H groups in total. The summed E-state index contributed by atoms with van der Waals surface area (Å²) < 4.78 is 1.73. The van der Waals surface area contributed by atoms with Crippen molar-refractivity contribution < 1.29 is 4.79 Å². The van der Waals surface area contributed by atoms with E-state index in [1.165, 1.54) is 5.56 Å². The van der Waals surface area contributed by atoms with E-state index in [2.05, 4.69) is 39.6 Å². The van der Waals surface area contributed by atoms with Crippen molar-refractivity contribution in [3.05, 3.63) is 53.9 Å². The Morgan fingerprint density at radius 1 is 1.15 bits per heavy atom. The van der Waals surface area contributed by atoms with Crippen molar-refractivity contribution in [2.75, 3.05) is 33.2 Å². The second-order valence-electron chi connectivity index (χ2n) is 6.26. The quantitative estimate of drug-likeness (QED) is 0.833. The normalized spacial score (nSPS) is 15.7. The molecule has 1 aromatic carbocycles. The van der Waals surface area contributed by atoms with Gasteiger partial charge in [0.05, 0.1) is 6.20 Å². The number of aromatic nitrogens is 2. The summed E-state index contributed by atoms with van der Waals surface area (Å²) in [6, 6.07) is 10.2. The van der Waals surface area contributed by atoms with Crippen LogP contribution in [0.5, 0.6) is 0 Å². The Hall–Kier alpha value is -1.60. The van der Waals surface area contributed by atoms with Crippen LogP contribution in [0.2, 0.25) is 0 Å². The number of aryl methyl sites for hydroxylation is 1. The topological polar surface area (TPSA) is 53.4 Å². The third-order valence-electron chi connectivity index (χ3n) is 4.53. The standard InChI is InChI=1S/C18H25N5O.2ClH/c1-19-17(16-12-20-21(2)14-16)18(24)23-10-8-22(9-11-23)13-15-6-4-3-5-7-15;;/h3-7,12,14,17,19H,8-11,13H2,1-2H3;2*1H. The first-order valence-electron chi connectivity index (χ1n) is 8.38. The molecule has 1 atom stereocenters. The van der Waals surface area contributed by atoms with E-state index >= 15 is 0 Å². The molecule has 1 unspecified atom stereocenters. The molecule has 1 saturated heterocycles. The molecule has 26 heavy (non-hydrogen) atoms. The van der Waals surface area contributed by atoms with E-state index in [9.17, 15) is 4.79 Å². The molecule has 0 saturated carbocycles. The fourth-order valence-corrected chi connectivity index (χ4v) is 3.17. The van der Waals surface area contributed by atoms with E-state index in [0.29, 0.717) is 0 Å². The molecule has 1 fully saturated rings. The summed E-state index contributed by atoms with van der Waals surface area (Å²) in [6.45, 7) is 4.30. The molecule has 2 aromatic rings. The minimum absolute atomic E-state index is 0. The summed E-state index contributed by atoms with van der Waals surface area (Å²) in [5.41, 5.74) is 2.23. The lowest BCUT2D eigenvalue weighted by Crippen LogP contribution is -2.51. The lowest BCUT2D eigenvalue weighted by atomic mass is 10.1. The van der Waals surface area contributed by atoms with Gasteiger partial charge in [-0.3, -0.25) is 14.4 Å². The number of halogens is 2. The van der Waals surface area contributed by atoms with Gasteiger partial charge in [0.25, 0.3) is 0 Å². The lowest BCUT2D eigenvalue weighted by Gasteiger charge is -2.36. The zero-order chi connectivity index (χ0) is 16.9. The molecule has 2 heterocycles. The number of carbonyl (C=O) groups is 1. The van der Waals surface area contributed by atoms with Crippen LogP contribution >= 0.6 is 24.8 Å². The molecule has 8 heteroatoms. The number of likely N-dealkylation sites (N-methyl/N-ethyl adjacent to an activating group) is 1. The average molecular weight is 400 g/mol. The molecule has 1 aromatic heterocycles. The van der Waals surface area contributed by atoms with E-state index in [4.69, 9.17) is 0 Å². The third-order valence-corrected chi connectivity index (χ3v) is 4.53. The molecule has 0 aliphatic carbocycles. The Morgan fingerprint density at radius 3 is 2.35 bits per heavy atom. The summed E-state index contributed by atoms with van der Waals surface area (Å²) >= 11 is 0. The fourth-order valence-electron chi connectivity index (χ4n) is 3.17. The zero-order valence-corrected chi connectivity index (χ0v) is 16.8. The fraction of sp³-hybridized carbons (Fsp3) is 0.444. The summed E-state index contributed by atoms with van der Waals surface area (Å²) in [4.78, 5) is 17.2. The Labute approximate surface area is 167 Å². The minimum atomic E-state index is -0.320. The zero-order valence-electron chi connectivity index (χ0n) is 15.2. The highest BCUT2D eigenvalue weighted by Crippen LogP contribution is 2.17. The van der Waals surface area contributed by atoms with Gasteiger partial charge in [-0.1, -0.05) is 30.3 Å². The molecule has 1 aliphatic rings. The first kappa shape index (κ1) is 22.4. The number of amides is 1. The van der Waals surface area contributed by atoms with E-state index in [1.54, 1.807) is 10.9 Å². The van der Waals surface area contributed by atoms with Gasteiger partial charge in [0.15, 0.2) is 0 Å². The van der Waals surface area contributed by atoms with Crippen LogP contribution in [-0.2, 0) is 18.4 Å². The summed E-state index contributed by atoms with van der Waals surface area (Å²) in [7, 11) is 3.68. The van der Waals surface area contributed by atoms with Crippen molar-refractivity contribution in [2.45, 2.75) is 12.6 Å².